The van der Waals surface area contributed by atoms with Crippen LogP contribution in [0.15, 0.2) is 40.0 Å². The molecule has 2 N–H and O–H groups in total. The fourth-order valence-corrected chi connectivity index (χ4v) is 5.19. The van der Waals surface area contributed by atoms with Gasteiger partial charge in [0.05, 0.1) is 22.5 Å². The van der Waals surface area contributed by atoms with Crippen LogP contribution in [0.3, 0.4) is 0 Å². The third-order valence-electron chi connectivity index (χ3n) is 4.83. The number of piperidine rings is 1. The predicted molar refractivity (Wildman–Crippen MR) is 104 cm³/mol. The SMILES string of the molecule is O=C1COc2cc(S(=O)(=O)NC3CCN(C(=O)c4ccoc4)CC3)c(Cl)cc2N1. The molecular weight excluding hydrogens is 422 g/mol. The first-order valence-electron chi connectivity index (χ1n) is 8.93. The number of likely N-dealkylation sites (tertiary alicyclic amines) is 1. The Labute approximate surface area is 172 Å². The van der Waals surface area contributed by atoms with Crippen LogP contribution < -0.4 is 14.8 Å². The number of amides is 2. The van der Waals surface area contributed by atoms with Gasteiger partial charge in [-0.25, -0.2) is 13.1 Å². The predicted octanol–water partition coefficient (Wildman–Crippen LogP) is 1.85. The van der Waals surface area contributed by atoms with Crippen LogP contribution >= 0.6 is 11.6 Å². The standard InChI is InChI=1S/C18H18ClN3O6S/c19-13-7-14-15(28-10-17(23)20-14)8-16(13)29(25,26)21-12-1-4-22(5-2-12)18(24)11-3-6-27-9-11/h3,6-9,12,21H,1-2,4-5,10H2,(H,20,23). The summed E-state index contributed by atoms with van der Waals surface area (Å²) in [6.07, 6.45) is 3.77. The van der Waals surface area contributed by atoms with Gasteiger partial charge in [-0.15, -0.1) is 0 Å². The van der Waals surface area contributed by atoms with E-state index in [2.05, 4.69) is 10.0 Å². The summed E-state index contributed by atoms with van der Waals surface area (Å²) >= 11 is 6.15. The average molecular weight is 440 g/mol. The maximum atomic E-state index is 12.8. The van der Waals surface area contributed by atoms with Gasteiger partial charge in [-0.1, -0.05) is 11.6 Å². The fourth-order valence-electron chi connectivity index (χ4n) is 3.34. The van der Waals surface area contributed by atoms with Gasteiger partial charge >= 0.3 is 0 Å². The lowest BCUT2D eigenvalue weighted by Gasteiger charge is -2.32. The molecule has 2 aliphatic rings. The number of benzene rings is 1. The molecule has 0 aliphatic carbocycles. The van der Waals surface area contributed by atoms with Gasteiger partial charge in [-0.3, -0.25) is 9.59 Å². The molecule has 11 heteroatoms. The monoisotopic (exact) mass is 439 g/mol. The number of halogens is 1. The number of rotatable bonds is 4. The number of ether oxygens (including phenoxy) is 1. The number of nitrogens with one attached hydrogen (secondary N) is 2. The van der Waals surface area contributed by atoms with Crippen molar-refractivity contribution in [3.05, 3.63) is 41.3 Å². The lowest BCUT2D eigenvalue weighted by molar-refractivity contribution is -0.118. The highest BCUT2D eigenvalue weighted by molar-refractivity contribution is 7.89. The van der Waals surface area contributed by atoms with Gasteiger partial charge in [-0.05, 0) is 25.0 Å². The zero-order valence-electron chi connectivity index (χ0n) is 15.2. The minimum absolute atomic E-state index is 0.0189. The molecular formula is C18H18ClN3O6S. The highest BCUT2D eigenvalue weighted by Gasteiger charge is 2.30. The summed E-state index contributed by atoms with van der Waals surface area (Å²) in [5.41, 5.74) is 0.799. The van der Waals surface area contributed by atoms with E-state index in [1.807, 2.05) is 0 Å². The van der Waals surface area contributed by atoms with Gasteiger partial charge in [-0.2, -0.15) is 0 Å². The Hall–Kier alpha value is -2.56. The molecule has 3 heterocycles. The first-order valence-corrected chi connectivity index (χ1v) is 10.8. The molecule has 0 saturated carbocycles. The molecule has 0 atom stereocenters. The molecule has 1 fully saturated rings. The Balaban J connectivity index is 1.43. The largest absolute Gasteiger partial charge is 0.482 e. The van der Waals surface area contributed by atoms with Crippen LogP contribution in [0.2, 0.25) is 5.02 Å². The zero-order valence-corrected chi connectivity index (χ0v) is 16.8. The quantitative estimate of drug-likeness (QED) is 0.750. The maximum absolute atomic E-state index is 12.8. The number of furan rings is 1. The van der Waals surface area contributed by atoms with Gasteiger partial charge in [0, 0.05) is 25.2 Å². The van der Waals surface area contributed by atoms with Gasteiger partial charge < -0.3 is 19.4 Å². The molecule has 4 rings (SSSR count). The second kappa shape index (κ2) is 7.69. The second-order valence-corrected chi connectivity index (χ2v) is 8.91. The summed E-state index contributed by atoms with van der Waals surface area (Å²) in [5.74, 6) is -0.231. The first-order chi connectivity index (χ1) is 13.8. The number of fused-ring (bicyclic) bond motifs is 1. The Morgan fingerprint density at radius 1 is 1.28 bits per heavy atom. The molecule has 0 unspecified atom stereocenters. The van der Waals surface area contributed by atoms with Crippen LogP contribution in [0.5, 0.6) is 5.75 Å². The summed E-state index contributed by atoms with van der Waals surface area (Å²) in [4.78, 5) is 25.3. The van der Waals surface area contributed by atoms with E-state index in [1.54, 1.807) is 11.0 Å². The van der Waals surface area contributed by atoms with E-state index in [9.17, 15) is 18.0 Å². The van der Waals surface area contributed by atoms with E-state index in [0.29, 0.717) is 37.2 Å². The number of hydrogen-bond acceptors (Lipinski definition) is 6. The highest BCUT2D eigenvalue weighted by atomic mass is 35.5. The minimum atomic E-state index is -3.91. The maximum Gasteiger partial charge on any atom is 0.262 e. The normalized spacial score (nSPS) is 17.4. The summed E-state index contributed by atoms with van der Waals surface area (Å²) in [7, 11) is -3.91. The van der Waals surface area contributed by atoms with Gasteiger partial charge in [0.2, 0.25) is 10.0 Å². The molecule has 29 heavy (non-hydrogen) atoms. The zero-order chi connectivity index (χ0) is 20.6. The Morgan fingerprint density at radius 3 is 2.72 bits per heavy atom. The van der Waals surface area contributed by atoms with E-state index >= 15 is 0 Å². The first kappa shape index (κ1) is 19.7. The van der Waals surface area contributed by atoms with E-state index < -0.39 is 10.0 Å². The highest BCUT2D eigenvalue weighted by Crippen LogP contribution is 2.35. The van der Waals surface area contributed by atoms with Crippen molar-refractivity contribution < 1.29 is 27.2 Å². The fraction of sp³-hybridized carbons (Fsp3) is 0.333. The lowest BCUT2D eigenvalue weighted by Crippen LogP contribution is -2.46. The molecule has 154 valence electrons. The van der Waals surface area contributed by atoms with Crippen molar-refractivity contribution >= 4 is 39.1 Å². The van der Waals surface area contributed by atoms with Crippen molar-refractivity contribution in [1.29, 1.82) is 0 Å². The minimum Gasteiger partial charge on any atom is -0.482 e. The number of anilines is 1. The molecule has 1 saturated heterocycles. The van der Waals surface area contributed by atoms with Crippen LogP contribution in [0, 0.1) is 0 Å². The molecule has 0 bridgehead atoms. The van der Waals surface area contributed by atoms with E-state index in [-0.39, 0.29) is 40.1 Å². The summed E-state index contributed by atoms with van der Waals surface area (Å²) < 4.78 is 38.5. The lowest BCUT2D eigenvalue weighted by atomic mass is 10.1. The van der Waals surface area contributed by atoms with Crippen molar-refractivity contribution in [1.82, 2.24) is 9.62 Å². The molecule has 1 aromatic carbocycles. The molecule has 0 spiro atoms. The van der Waals surface area contributed by atoms with Crippen molar-refractivity contribution in [2.45, 2.75) is 23.8 Å². The molecule has 1 aromatic heterocycles. The van der Waals surface area contributed by atoms with E-state index in [1.165, 1.54) is 24.7 Å². The van der Waals surface area contributed by atoms with Crippen molar-refractivity contribution in [2.75, 3.05) is 25.0 Å². The van der Waals surface area contributed by atoms with E-state index in [0.717, 1.165) is 0 Å². The number of nitrogens with zero attached hydrogens (tertiary/aromatic N) is 1. The number of carbonyl (C=O) groups is 2. The Bertz CT molecular complexity index is 1050. The third kappa shape index (κ3) is 4.09. The molecule has 2 aromatic rings. The van der Waals surface area contributed by atoms with Crippen molar-refractivity contribution in [3.8, 4) is 5.75 Å². The van der Waals surface area contributed by atoms with Crippen LogP contribution in [-0.4, -0.2) is 50.9 Å². The Kier molecular flexibility index (Phi) is 5.24. The average Bonchev–Trinajstić information content (AvgIpc) is 3.22. The third-order valence-corrected chi connectivity index (χ3v) is 6.81. The summed E-state index contributed by atoms with van der Waals surface area (Å²) in [6, 6.07) is 3.92. The van der Waals surface area contributed by atoms with E-state index in [4.69, 9.17) is 20.8 Å². The van der Waals surface area contributed by atoms with Crippen LogP contribution in [0.25, 0.3) is 0 Å². The van der Waals surface area contributed by atoms with Gasteiger partial charge in [0.1, 0.15) is 16.9 Å². The molecule has 9 nitrogen and oxygen atoms in total. The molecule has 2 amide bonds. The van der Waals surface area contributed by atoms with Crippen LogP contribution in [0.1, 0.15) is 23.2 Å². The van der Waals surface area contributed by atoms with Crippen molar-refractivity contribution in [2.24, 2.45) is 0 Å². The molecule has 0 radical (unpaired) electrons. The molecule has 2 aliphatic heterocycles. The number of carbonyl (C=O) groups excluding carboxylic acids is 2. The van der Waals surface area contributed by atoms with Gasteiger partial charge in [0.25, 0.3) is 11.8 Å². The summed E-state index contributed by atoms with van der Waals surface area (Å²) in [6.45, 7) is 0.652. The number of hydrogen-bond donors (Lipinski definition) is 2. The van der Waals surface area contributed by atoms with Crippen LogP contribution in [-0.2, 0) is 14.8 Å². The number of sulfonamides is 1. The summed E-state index contributed by atoms with van der Waals surface area (Å²) in [5, 5.41) is 2.56. The smallest absolute Gasteiger partial charge is 0.262 e. The van der Waals surface area contributed by atoms with Crippen molar-refractivity contribution in [3.63, 3.8) is 0 Å². The Morgan fingerprint density at radius 2 is 2.03 bits per heavy atom. The van der Waals surface area contributed by atoms with Gasteiger partial charge in [0.15, 0.2) is 6.61 Å². The van der Waals surface area contributed by atoms with Crippen LogP contribution in [0.4, 0.5) is 5.69 Å². The topological polar surface area (TPSA) is 118 Å². The second-order valence-electron chi connectivity index (χ2n) is 6.82.